The topological polar surface area (TPSA) is 57.9 Å². The van der Waals surface area contributed by atoms with Gasteiger partial charge in [0, 0.05) is 18.5 Å². The lowest BCUT2D eigenvalue weighted by Crippen LogP contribution is -2.20. The van der Waals surface area contributed by atoms with Gasteiger partial charge in [0.2, 0.25) is 0 Å². The molecule has 3 rings (SSSR count). The van der Waals surface area contributed by atoms with Crippen LogP contribution in [0.25, 0.3) is 11.0 Å². The molecule has 0 spiro atoms. The van der Waals surface area contributed by atoms with E-state index in [4.69, 9.17) is 5.73 Å². The highest BCUT2D eigenvalue weighted by atomic mass is 15.2. The van der Waals surface area contributed by atoms with Crippen molar-refractivity contribution < 1.29 is 0 Å². The normalized spacial score (nSPS) is 24.1. The first kappa shape index (κ1) is 13.6. The van der Waals surface area contributed by atoms with Crippen LogP contribution in [0.1, 0.15) is 43.6 Å². The Hall–Kier alpha value is -1.39. The fourth-order valence-electron chi connectivity index (χ4n) is 3.19. The predicted molar refractivity (Wildman–Crippen MR) is 82.7 cm³/mol. The lowest BCUT2D eigenvalue weighted by atomic mass is 9.99. The maximum atomic E-state index is 5.82. The number of imidazole rings is 1. The Labute approximate surface area is 120 Å². The minimum Gasteiger partial charge on any atom is -0.342 e. The Morgan fingerprint density at radius 3 is 2.90 bits per heavy atom. The van der Waals surface area contributed by atoms with Crippen LogP contribution in [-0.4, -0.2) is 35.0 Å². The molecule has 0 amide bonds. The number of likely N-dealkylation sites (tertiary alicyclic amines) is 1. The molecule has 20 heavy (non-hydrogen) atoms. The van der Waals surface area contributed by atoms with E-state index < -0.39 is 0 Å². The molecule has 2 atom stereocenters. The molecule has 0 aliphatic carbocycles. The summed E-state index contributed by atoms with van der Waals surface area (Å²) in [5, 5.41) is 0. The van der Waals surface area contributed by atoms with Crippen LogP contribution in [0.4, 0.5) is 0 Å². The largest absolute Gasteiger partial charge is 0.342 e. The van der Waals surface area contributed by atoms with Crippen molar-refractivity contribution in [1.29, 1.82) is 0 Å². The summed E-state index contributed by atoms with van der Waals surface area (Å²) < 4.78 is 0. The number of benzene rings is 1. The van der Waals surface area contributed by atoms with Crippen molar-refractivity contribution in [2.24, 2.45) is 11.7 Å². The number of rotatable bonds is 3. The number of hydrogen-bond acceptors (Lipinski definition) is 3. The van der Waals surface area contributed by atoms with Crippen LogP contribution in [0, 0.1) is 5.92 Å². The Kier molecular flexibility index (Phi) is 3.52. The van der Waals surface area contributed by atoms with Gasteiger partial charge in [0.1, 0.15) is 5.82 Å². The average molecular weight is 272 g/mol. The minimum absolute atomic E-state index is 0.432. The number of nitrogens with two attached hydrogens (primary N) is 1. The molecule has 0 saturated carbocycles. The molecule has 0 bridgehead atoms. The molecule has 1 aromatic heterocycles. The molecule has 1 fully saturated rings. The number of hydrogen-bond donors (Lipinski definition) is 2. The summed E-state index contributed by atoms with van der Waals surface area (Å²) in [6.07, 6.45) is 1.16. The fraction of sp³-hybridized carbons (Fsp3) is 0.562. The van der Waals surface area contributed by atoms with Gasteiger partial charge >= 0.3 is 0 Å². The summed E-state index contributed by atoms with van der Waals surface area (Å²) >= 11 is 0. The monoisotopic (exact) mass is 272 g/mol. The zero-order valence-corrected chi connectivity index (χ0v) is 12.6. The van der Waals surface area contributed by atoms with Gasteiger partial charge in [-0.3, -0.25) is 4.90 Å². The van der Waals surface area contributed by atoms with E-state index in [-0.39, 0.29) is 0 Å². The number of nitrogens with zero attached hydrogens (tertiary/aromatic N) is 2. The second kappa shape index (κ2) is 5.19. The molecule has 0 radical (unpaired) electrons. The Balaban J connectivity index is 1.92. The van der Waals surface area contributed by atoms with E-state index in [1.54, 1.807) is 0 Å². The summed E-state index contributed by atoms with van der Waals surface area (Å²) in [4.78, 5) is 10.5. The zero-order chi connectivity index (χ0) is 14.3. The van der Waals surface area contributed by atoms with Crippen molar-refractivity contribution in [3.05, 3.63) is 29.6 Å². The minimum atomic E-state index is 0.432. The molecule has 1 saturated heterocycles. The first-order chi connectivity index (χ1) is 9.58. The van der Waals surface area contributed by atoms with E-state index in [1.165, 1.54) is 5.56 Å². The Bertz CT molecular complexity index is 602. The Morgan fingerprint density at radius 1 is 1.45 bits per heavy atom. The maximum absolute atomic E-state index is 5.82. The van der Waals surface area contributed by atoms with Gasteiger partial charge in [0.05, 0.1) is 11.0 Å². The van der Waals surface area contributed by atoms with Gasteiger partial charge in [-0.2, -0.15) is 0 Å². The maximum Gasteiger partial charge on any atom is 0.109 e. The first-order valence-electron chi connectivity index (χ1n) is 7.48. The van der Waals surface area contributed by atoms with E-state index in [0.717, 1.165) is 36.4 Å². The van der Waals surface area contributed by atoms with Crippen molar-refractivity contribution >= 4 is 11.0 Å². The summed E-state index contributed by atoms with van der Waals surface area (Å²) in [6, 6.07) is 7.09. The number of nitrogens with one attached hydrogen (secondary N) is 1. The SMILES string of the molecule is CC(C)c1nc2ccc(C3CC(CN)CN3C)cc2[nH]1. The van der Waals surface area contributed by atoms with E-state index in [9.17, 15) is 0 Å². The molecule has 3 N–H and O–H groups in total. The lowest BCUT2D eigenvalue weighted by molar-refractivity contribution is 0.314. The van der Waals surface area contributed by atoms with Crippen LogP contribution in [0.3, 0.4) is 0 Å². The molecular weight excluding hydrogens is 248 g/mol. The van der Waals surface area contributed by atoms with Crippen LogP contribution in [0.15, 0.2) is 18.2 Å². The van der Waals surface area contributed by atoms with Crippen LogP contribution in [0.5, 0.6) is 0 Å². The van der Waals surface area contributed by atoms with Gasteiger partial charge in [-0.25, -0.2) is 4.98 Å². The molecule has 4 heteroatoms. The third-order valence-electron chi connectivity index (χ3n) is 4.42. The number of fused-ring (bicyclic) bond motifs is 1. The van der Waals surface area contributed by atoms with Gasteiger partial charge in [0.15, 0.2) is 0 Å². The van der Waals surface area contributed by atoms with E-state index >= 15 is 0 Å². The highest BCUT2D eigenvalue weighted by Gasteiger charge is 2.29. The average Bonchev–Trinajstić information content (AvgIpc) is 3.00. The highest BCUT2D eigenvalue weighted by molar-refractivity contribution is 5.76. The quantitative estimate of drug-likeness (QED) is 0.903. The zero-order valence-electron chi connectivity index (χ0n) is 12.6. The van der Waals surface area contributed by atoms with Gasteiger partial charge in [-0.15, -0.1) is 0 Å². The fourth-order valence-corrected chi connectivity index (χ4v) is 3.19. The molecule has 108 valence electrons. The van der Waals surface area contributed by atoms with Gasteiger partial charge in [-0.05, 0) is 43.6 Å². The van der Waals surface area contributed by atoms with Crippen molar-refractivity contribution in [2.45, 2.75) is 32.2 Å². The number of H-pyrrole nitrogens is 1. The third kappa shape index (κ3) is 2.34. The Morgan fingerprint density at radius 2 is 2.25 bits per heavy atom. The van der Waals surface area contributed by atoms with Crippen molar-refractivity contribution in [3.63, 3.8) is 0 Å². The summed E-state index contributed by atoms with van der Waals surface area (Å²) in [5.41, 5.74) is 9.40. The molecule has 2 unspecified atom stereocenters. The summed E-state index contributed by atoms with van der Waals surface area (Å²) in [7, 11) is 2.19. The molecule has 2 heterocycles. The first-order valence-corrected chi connectivity index (χ1v) is 7.48. The van der Waals surface area contributed by atoms with Crippen LogP contribution >= 0.6 is 0 Å². The van der Waals surface area contributed by atoms with Gasteiger partial charge in [0.25, 0.3) is 0 Å². The number of aromatic nitrogens is 2. The third-order valence-corrected chi connectivity index (χ3v) is 4.42. The molecular formula is C16H24N4. The molecule has 1 aliphatic heterocycles. The summed E-state index contributed by atoms with van der Waals surface area (Å²) in [6.45, 7) is 6.20. The van der Waals surface area contributed by atoms with E-state index in [2.05, 4.69) is 54.0 Å². The van der Waals surface area contributed by atoms with Crippen molar-refractivity contribution in [2.75, 3.05) is 20.1 Å². The van der Waals surface area contributed by atoms with E-state index in [1.807, 2.05) is 0 Å². The highest BCUT2D eigenvalue weighted by Crippen LogP contribution is 2.34. The molecule has 1 aromatic carbocycles. The molecule has 2 aromatic rings. The second-order valence-corrected chi connectivity index (χ2v) is 6.35. The summed E-state index contributed by atoms with van der Waals surface area (Å²) in [5.74, 6) is 2.12. The predicted octanol–water partition coefficient (Wildman–Crippen LogP) is 2.64. The van der Waals surface area contributed by atoms with Crippen LogP contribution in [0.2, 0.25) is 0 Å². The van der Waals surface area contributed by atoms with Crippen molar-refractivity contribution in [1.82, 2.24) is 14.9 Å². The van der Waals surface area contributed by atoms with E-state index in [0.29, 0.717) is 17.9 Å². The smallest absolute Gasteiger partial charge is 0.109 e. The van der Waals surface area contributed by atoms with Gasteiger partial charge in [-0.1, -0.05) is 19.9 Å². The lowest BCUT2D eigenvalue weighted by Gasteiger charge is -2.19. The van der Waals surface area contributed by atoms with Crippen molar-refractivity contribution in [3.8, 4) is 0 Å². The van der Waals surface area contributed by atoms with Crippen LogP contribution in [-0.2, 0) is 0 Å². The molecule has 1 aliphatic rings. The van der Waals surface area contributed by atoms with Crippen LogP contribution < -0.4 is 5.73 Å². The van der Waals surface area contributed by atoms with Gasteiger partial charge < -0.3 is 10.7 Å². The second-order valence-electron chi connectivity index (χ2n) is 6.35. The molecule has 4 nitrogen and oxygen atoms in total. The number of aromatic amines is 1. The standard InChI is InChI=1S/C16H24N4/c1-10(2)16-18-13-5-4-12(7-14(13)19-16)15-6-11(8-17)9-20(15)3/h4-5,7,10-11,15H,6,8-9,17H2,1-3H3,(H,18,19).